The number of fused-ring (bicyclic) bond motifs is 3. The average Bonchev–Trinajstić information content (AvgIpc) is 3.18. The third-order valence-electron chi connectivity index (χ3n) is 8.32. The van der Waals surface area contributed by atoms with Crippen molar-refractivity contribution in [1.82, 2.24) is 20.0 Å². The number of piperidine rings is 1. The molecule has 1 aromatic carbocycles. The van der Waals surface area contributed by atoms with Gasteiger partial charge >= 0.3 is 6.09 Å². The van der Waals surface area contributed by atoms with Gasteiger partial charge in [-0.05, 0) is 70.6 Å². The molecule has 1 aromatic rings. The van der Waals surface area contributed by atoms with Gasteiger partial charge in [0.05, 0.1) is 18.2 Å². The second-order valence-corrected chi connectivity index (χ2v) is 12.2. The highest BCUT2D eigenvalue weighted by Crippen LogP contribution is 2.48. The summed E-state index contributed by atoms with van der Waals surface area (Å²) in [7, 11) is 0. The van der Waals surface area contributed by atoms with Crippen LogP contribution >= 0.6 is 0 Å². The normalized spacial score (nSPS) is 29.0. The average molecular weight is 537 g/mol. The van der Waals surface area contributed by atoms with Gasteiger partial charge in [-0.25, -0.2) is 4.79 Å². The van der Waals surface area contributed by atoms with Crippen LogP contribution in [0, 0.1) is 17.2 Å². The molecule has 4 aliphatic rings. The molecule has 4 fully saturated rings. The fourth-order valence-electron chi connectivity index (χ4n) is 6.42. The Balaban J connectivity index is 1.30. The van der Waals surface area contributed by atoms with Crippen LogP contribution in [-0.4, -0.2) is 87.4 Å². The van der Waals surface area contributed by atoms with Crippen LogP contribution in [0.4, 0.5) is 4.79 Å². The van der Waals surface area contributed by atoms with E-state index in [0.29, 0.717) is 30.9 Å². The number of nitrogens with zero attached hydrogens (tertiary/aromatic N) is 4. The SMILES string of the molecule is C[C@H](c1ccc(C(N)=O)cc1)N1C(=O)[C@@H]2C[C@H]1CN2C[C@H](NC(=O)OC(C)(C)C)C(=O)N1[C@H](C#N)C[C@@H]2C[C@@H]21. The molecule has 0 unspecified atom stereocenters. The van der Waals surface area contributed by atoms with E-state index >= 15 is 0 Å². The summed E-state index contributed by atoms with van der Waals surface area (Å²) in [6, 6.07) is 7.15. The number of amides is 4. The maximum Gasteiger partial charge on any atom is 0.408 e. The number of nitrogens with two attached hydrogens (primary N) is 1. The van der Waals surface area contributed by atoms with Crippen LogP contribution in [-0.2, 0) is 14.3 Å². The minimum Gasteiger partial charge on any atom is -0.444 e. The molecule has 3 heterocycles. The Kier molecular flexibility index (Phi) is 6.79. The number of nitriles is 1. The first-order chi connectivity index (χ1) is 18.4. The van der Waals surface area contributed by atoms with E-state index in [-0.39, 0.29) is 36.5 Å². The number of nitrogens with one attached hydrogen (secondary N) is 1. The number of piperazine rings is 1. The molecule has 0 spiro atoms. The molecule has 3 aliphatic heterocycles. The summed E-state index contributed by atoms with van der Waals surface area (Å²) in [5, 5.41) is 12.4. The van der Waals surface area contributed by atoms with E-state index in [9.17, 15) is 24.4 Å². The van der Waals surface area contributed by atoms with Gasteiger partial charge in [-0.1, -0.05) is 12.1 Å². The number of rotatable bonds is 7. The number of alkyl carbamates (subject to hydrolysis) is 1. The first kappa shape index (κ1) is 26.9. The number of benzene rings is 1. The molecule has 3 N–H and O–H groups in total. The van der Waals surface area contributed by atoms with Gasteiger partial charge in [0.25, 0.3) is 0 Å². The van der Waals surface area contributed by atoms with Crippen LogP contribution in [0.2, 0.25) is 0 Å². The van der Waals surface area contributed by atoms with Gasteiger partial charge in [0.15, 0.2) is 0 Å². The molecule has 208 valence electrons. The molecular weight excluding hydrogens is 500 g/mol. The Morgan fingerprint density at radius 1 is 1.18 bits per heavy atom. The highest BCUT2D eigenvalue weighted by molar-refractivity contribution is 5.93. The summed E-state index contributed by atoms with van der Waals surface area (Å²) >= 11 is 0. The summed E-state index contributed by atoms with van der Waals surface area (Å²) in [5.41, 5.74) is 5.93. The quantitative estimate of drug-likeness (QED) is 0.537. The molecule has 4 amide bonds. The predicted molar refractivity (Wildman–Crippen MR) is 140 cm³/mol. The molecule has 3 saturated heterocycles. The van der Waals surface area contributed by atoms with E-state index in [1.54, 1.807) is 37.8 Å². The molecule has 1 saturated carbocycles. The zero-order valence-electron chi connectivity index (χ0n) is 22.8. The van der Waals surface area contributed by atoms with Crippen molar-refractivity contribution in [3.8, 4) is 6.07 Å². The molecule has 1 aliphatic carbocycles. The maximum atomic E-state index is 13.7. The Labute approximate surface area is 228 Å². The Hall–Kier alpha value is -3.65. The van der Waals surface area contributed by atoms with Crippen molar-refractivity contribution in [1.29, 1.82) is 5.26 Å². The zero-order valence-corrected chi connectivity index (χ0v) is 22.8. The number of carbonyl (C=O) groups excluding carboxylic acids is 4. The molecule has 11 heteroatoms. The van der Waals surface area contributed by atoms with Crippen LogP contribution in [0.25, 0.3) is 0 Å². The molecule has 7 atom stereocenters. The first-order valence-corrected chi connectivity index (χ1v) is 13.5. The summed E-state index contributed by atoms with van der Waals surface area (Å²) in [5.74, 6) is -0.485. The summed E-state index contributed by atoms with van der Waals surface area (Å²) in [4.78, 5) is 56.8. The van der Waals surface area contributed by atoms with Crippen molar-refractivity contribution in [2.24, 2.45) is 11.7 Å². The van der Waals surface area contributed by atoms with Crippen molar-refractivity contribution in [2.75, 3.05) is 13.1 Å². The van der Waals surface area contributed by atoms with E-state index in [4.69, 9.17) is 10.5 Å². The standard InChI is InChI=1S/C28H36N6O5/c1-15(16-5-7-17(8-6-16)24(30)35)33-20-11-23(26(33)37)32(13-20)14-21(31-27(38)39-28(2,3)4)25(36)34-19(12-29)9-18-10-22(18)34/h5-8,15,18-23H,9-11,13-14H2,1-4H3,(H2,30,35)(H,31,38)/t15-,18-,19+,20+,21+,22+,23+/m1/s1. The highest BCUT2D eigenvalue weighted by Gasteiger charge is 2.56. The van der Waals surface area contributed by atoms with E-state index in [0.717, 1.165) is 12.0 Å². The summed E-state index contributed by atoms with van der Waals surface area (Å²) < 4.78 is 5.43. The molecule has 0 radical (unpaired) electrons. The number of primary amides is 1. The van der Waals surface area contributed by atoms with Crippen LogP contribution in [0.5, 0.6) is 0 Å². The van der Waals surface area contributed by atoms with Gasteiger partial charge in [-0.2, -0.15) is 5.26 Å². The van der Waals surface area contributed by atoms with Crippen LogP contribution in [0.3, 0.4) is 0 Å². The molecule has 11 nitrogen and oxygen atoms in total. The van der Waals surface area contributed by atoms with Gasteiger partial charge in [-0.15, -0.1) is 0 Å². The molecule has 5 rings (SSSR count). The zero-order chi connectivity index (χ0) is 28.2. The lowest BCUT2D eigenvalue weighted by Crippen LogP contribution is -2.59. The number of ether oxygens (including phenoxy) is 1. The van der Waals surface area contributed by atoms with Crippen molar-refractivity contribution in [2.45, 2.75) is 88.8 Å². The maximum absolute atomic E-state index is 13.7. The van der Waals surface area contributed by atoms with Gasteiger partial charge < -0.3 is 25.6 Å². The topological polar surface area (TPSA) is 149 Å². The Bertz CT molecular complexity index is 1220. The largest absolute Gasteiger partial charge is 0.444 e. The van der Waals surface area contributed by atoms with Gasteiger partial charge in [0, 0.05) is 30.7 Å². The van der Waals surface area contributed by atoms with E-state index in [1.165, 1.54) is 0 Å². The van der Waals surface area contributed by atoms with E-state index in [1.807, 2.05) is 28.9 Å². The third-order valence-corrected chi connectivity index (χ3v) is 8.32. The van der Waals surface area contributed by atoms with Crippen molar-refractivity contribution in [3.63, 3.8) is 0 Å². The Morgan fingerprint density at radius 2 is 1.87 bits per heavy atom. The van der Waals surface area contributed by atoms with Crippen LogP contribution < -0.4 is 11.1 Å². The minimum atomic E-state index is -0.936. The lowest BCUT2D eigenvalue weighted by atomic mass is 10.0. The summed E-state index contributed by atoms with van der Waals surface area (Å²) in [6.45, 7) is 7.93. The fourth-order valence-corrected chi connectivity index (χ4v) is 6.42. The molecular formula is C28H36N6O5. The fraction of sp³-hybridized carbons (Fsp3) is 0.607. The van der Waals surface area contributed by atoms with Gasteiger partial charge in [-0.3, -0.25) is 19.3 Å². The summed E-state index contributed by atoms with van der Waals surface area (Å²) in [6.07, 6.45) is 1.46. The minimum absolute atomic E-state index is 0.0282. The smallest absolute Gasteiger partial charge is 0.408 e. The monoisotopic (exact) mass is 536 g/mol. The van der Waals surface area contributed by atoms with Crippen molar-refractivity contribution in [3.05, 3.63) is 35.4 Å². The lowest BCUT2D eigenvalue weighted by molar-refractivity contribution is -0.141. The van der Waals surface area contributed by atoms with Crippen LogP contribution in [0.1, 0.15) is 68.9 Å². The number of hydrogen-bond donors (Lipinski definition) is 2. The van der Waals surface area contributed by atoms with Gasteiger partial charge in [0.2, 0.25) is 17.7 Å². The molecule has 39 heavy (non-hydrogen) atoms. The first-order valence-electron chi connectivity index (χ1n) is 13.5. The third kappa shape index (κ3) is 5.17. The van der Waals surface area contributed by atoms with Crippen LogP contribution in [0.15, 0.2) is 24.3 Å². The van der Waals surface area contributed by atoms with E-state index < -0.39 is 35.7 Å². The van der Waals surface area contributed by atoms with Crippen molar-refractivity contribution >= 4 is 23.8 Å². The lowest BCUT2D eigenvalue weighted by Gasteiger charge is -2.39. The molecule has 0 aromatic heterocycles. The van der Waals surface area contributed by atoms with Gasteiger partial charge in [0.1, 0.15) is 17.7 Å². The Morgan fingerprint density at radius 3 is 2.46 bits per heavy atom. The number of likely N-dealkylation sites (tertiary alicyclic amines) is 3. The second-order valence-electron chi connectivity index (χ2n) is 12.2. The van der Waals surface area contributed by atoms with Crippen molar-refractivity contribution < 1.29 is 23.9 Å². The predicted octanol–water partition coefficient (Wildman–Crippen LogP) is 1.54. The molecule has 2 bridgehead atoms. The van der Waals surface area contributed by atoms with E-state index in [2.05, 4.69) is 11.4 Å². The number of hydrogen-bond acceptors (Lipinski definition) is 7. The second kappa shape index (κ2) is 9.83. The highest BCUT2D eigenvalue weighted by atomic mass is 16.6. The number of carbonyl (C=O) groups is 4.